The Morgan fingerprint density at radius 2 is 1.82 bits per heavy atom. The minimum atomic E-state index is 0.400. The van der Waals surface area contributed by atoms with Crippen molar-refractivity contribution in [1.82, 2.24) is 5.32 Å². The summed E-state index contributed by atoms with van der Waals surface area (Å²) in [5.74, 6) is 0.542. The molecule has 0 spiro atoms. The van der Waals surface area contributed by atoms with Crippen molar-refractivity contribution < 1.29 is 0 Å². The fourth-order valence-electron chi connectivity index (χ4n) is 2.76. The lowest BCUT2D eigenvalue weighted by molar-refractivity contribution is 0.467. The van der Waals surface area contributed by atoms with Crippen molar-refractivity contribution in [3.63, 3.8) is 0 Å². The lowest BCUT2D eigenvalue weighted by Crippen LogP contribution is -2.41. The van der Waals surface area contributed by atoms with Crippen molar-refractivity contribution in [3.8, 4) is 0 Å². The summed E-state index contributed by atoms with van der Waals surface area (Å²) in [6.07, 6.45) is 6.28. The summed E-state index contributed by atoms with van der Waals surface area (Å²) in [5.41, 5.74) is 7.04. The highest BCUT2D eigenvalue weighted by atomic mass is 32.1. The van der Waals surface area contributed by atoms with Crippen LogP contribution in [0.25, 0.3) is 0 Å². The standard InChI is InChI=1S/C14H20N2S/c15-14(17)16-13-10-6-2-5-9-12(13)11-7-3-1-4-8-11/h1,3-4,7-8,12-13H,2,5-6,9-10H2,(H3,15,16,17). The lowest BCUT2D eigenvalue weighted by Gasteiger charge is -2.26. The number of nitrogens with two attached hydrogens (primary N) is 1. The minimum absolute atomic E-state index is 0.400. The fraction of sp³-hybridized carbons (Fsp3) is 0.500. The predicted octanol–water partition coefficient (Wildman–Crippen LogP) is 2.94. The van der Waals surface area contributed by atoms with Crippen LogP contribution in [0.15, 0.2) is 30.3 Å². The van der Waals surface area contributed by atoms with E-state index < -0.39 is 0 Å². The monoisotopic (exact) mass is 248 g/mol. The predicted molar refractivity (Wildman–Crippen MR) is 76.0 cm³/mol. The van der Waals surface area contributed by atoms with Crippen molar-refractivity contribution in [2.45, 2.75) is 44.1 Å². The van der Waals surface area contributed by atoms with E-state index in [-0.39, 0.29) is 0 Å². The summed E-state index contributed by atoms with van der Waals surface area (Å²) < 4.78 is 0. The number of hydrogen-bond acceptors (Lipinski definition) is 1. The van der Waals surface area contributed by atoms with Crippen molar-refractivity contribution in [2.24, 2.45) is 5.73 Å². The Bertz CT molecular complexity index is 364. The third-order valence-corrected chi connectivity index (χ3v) is 3.69. The Labute approximate surface area is 109 Å². The Morgan fingerprint density at radius 1 is 1.12 bits per heavy atom. The number of hydrogen-bond donors (Lipinski definition) is 2. The Balaban J connectivity index is 2.17. The second-order valence-corrected chi connectivity index (χ2v) is 5.21. The van der Waals surface area contributed by atoms with Crippen LogP contribution in [0, 0.1) is 0 Å². The lowest BCUT2D eigenvalue weighted by atomic mass is 9.88. The van der Waals surface area contributed by atoms with Gasteiger partial charge in [-0.05, 0) is 30.6 Å². The van der Waals surface area contributed by atoms with Gasteiger partial charge in [-0.3, -0.25) is 0 Å². The molecule has 2 rings (SSSR count). The smallest absolute Gasteiger partial charge is 0.163 e. The quantitative estimate of drug-likeness (QED) is 0.624. The molecule has 3 N–H and O–H groups in total. The maximum atomic E-state index is 5.63. The van der Waals surface area contributed by atoms with Gasteiger partial charge in [0.05, 0.1) is 0 Å². The molecule has 17 heavy (non-hydrogen) atoms. The molecule has 2 unspecified atom stereocenters. The third-order valence-electron chi connectivity index (χ3n) is 3.57. The summed E-state index contributed by atoms with van der Waals surface area (Å²) in [4.78, 5) is 0. The first-order valence-electron chi connectivity index (χ1n) is 6.38. The molecule has 1 aromatic rings. The van der Waals surface area contributed by atoms with Gasteiger partial charge in [-0.1, -0.05) is 49.6 Å². The topological polar surface area (TPSA) is 38.0 Å². The first-order chi connectivity index (χ1) is 8.27. The van der Waals surface area contributed by atoms with Crippen LogP contribution in [0.4, 0.5) is 0 Å². The molecule has 0 aliphatic heterocycles. The summed E-state index contributed by atoms with van der Waals surface area (Å²) in [5, 5.41) is 3.71. The molecular formula is C14H20N2S. The average Bonchev–Trinajstić information content (AvgIpc) is 2.55. The number of thiocarbonyl (C=S) groups is 1. The van der Waals surface area contributed by atoms with Gasteiger partial charge >= 0.3 is 0 Å². The van der Waals surface area contributed by atoms with E-state index in [1.54, 1.807) is 0 Å². The van der Waals surface area contributed by atoms with Crippen molar-refractivity contribution in [1.29, 1.82) is 0 Å². The fourth-order valence-corrected chi connectivity index (χ4v) is 2.91. The molecule has 1 fully saturated rings. The summed E-state index contributed by atoms with van der Waals surface area (Å²) in [7, 11) is 0. The maximum Gasteiger partial charge on any atom is 0.163 e. The van der Waals surface area contributed by atoms with Gasteiger partial charge in [0.15, 0.2) is 5.11 Å². The van der Waals surface area contributed by atoms with E-state index in [4.69, 9.17) is 18.0 Å². The molecule has 2 atom stereocenters. The highest BCUT2D eigenvalue weighted by molar-refractivity contribution is 7.80. The van der Waals surface area contributed by atoms with Crippen LogP contribution < -0.4 is 11.1 Å². The van der Waals surface area contributed by atoms with Crippen LogP contribution in [-0.4, -0.2) is 11.2 Å². The summed E-state index contributed by atoms with van der Waals surface area (Å²) >= 11 is 4.99. The van der Waals surface area contributed by atoms with Gasteiger partial charge in [0.1, 0.15) is 0 Å². The number of benzene rings is 1. The van der Waals surface area contributed by atoms with Crippen LogP contribution in [0.1, 0.15) is 43.6 Å². The van der Waals surface area contributed by atoms with Gasteiger partial charge in [-0.2, -0.15) is 0 Å². The molecule has 1 aliphatic rings. The molecule has 0 amide bonds. The highest BCUT2D eigenvalue weighted by Crippen LogP contribution is 2.31. The van der Waals surface area contributed by atoms with Crippen molar-refractivity contribution in [2.75, 3.05) is 0 Å². The van der Waals surface area contributed by atoms with Crippen molar-refractivity contribution >= 4 is 17.3 Å². The molecule has 1 aromatic carbocycles. The van der Waals surface area contributed by atoms with Crippen LogP contribution in [0.3, 0.4) is 0 Å². The van der Waals surface area contributed by atoms with Gasteiger partial charge in [-0.25, -0.2) is 0 Å². The summed E-state index contributed by atoms with van der Waals surface area (Å²) in [6, 6.07) is 11.1. The number of rotatable bonds is 2. The Morgan fingerprint density at radius 3 is 2.53 bits per heavy atom. The van der Waals surface area contributed by atoms with Crippen LogP contribution in [0.2, 0.25) is 0 Å². The first-order valence-corrected chi connectivity index (χ1v) is 6.79. The SMILES string of the molecule is NC(=S)NC1CCCCCC1c1ccccc1. The first kappa shape index (κ1) is 12.4. The number of nitrogens with one attached hydrogen (secondary N) is 1. The van der Waals surface area contributed by atoms with Gasteiger partial charge in [0.2, 0.25) is 0 Å². The van der Waals surface area contributed by atoms with E-state index in [9.17, 15) is 0 Å². The molecular weight excluding hydrogens is 228 g/mol. The van der Waals surface area contributed by atoms with Gasteiger partial charge in [-0.15, -0.1) is 0 Å². The third kappa shape index (κ3) is 3.43. The van der Waals surface area contributed by atoms with E-state index >= 15 is 0 Å². The van der Waals surface area contributed by atoms with E-state index in [1.807, 2.05) is 0 Å². The molecule has 92 valence electrons. The van der Waals surface area contributed by atoms with Crippen LogP contribution in [0.5, 0.6) is 0 Å². The Kier molecular flexibility index (Phi) is 4.37. The normalized spacial score (nSPS) is 24.9. The molecule has 2 nitrogen and oxygen atoms in total. The molecule has 0 radical (unpaired) electrons. The molecule has 0 heterocycles. The molecule has 0 saturated heterocycles. The van der Waals surface area contributed by atoms with Gasteiger partial charge in [0, 0.05) is 12.0 Å². The molecule has 0 bridgehead atoms. The van der Waals surface area contributed by atoms with Gasteiger partial charge in [0.25, 0.3) is 0 Å². The maximum absolute atomic E-state index is 5.63. The molecule has 1 saturated carbocycles. The molecule has 0 aromatic heterocycles. The Hall–Kier alpha value is -1.09. The second-order valence-electron chi connectivity index (χ2n) is 4.77. The zero-order valence-electron chi connectivity index (χ0n) is 10.1. The second kappa shape index (κ2) is 6.01. The molecule has 3 heteroatoms. The highest BCUT2D eigenvalue weighted by Gasteiger charge is 2.24. The van der Waals surface area contributed by atoms with Crippen molar-refractivity contribution in [3.05, 3.63) is 35.9 Å². The average molecular weight is 248 g/mol. The molecule has 1 aliphatic carbocycles. The van der Waals surface area contributed by atoms with Crippen LogP contribution >= 0.6 is 12.2 Å². The zero-order valence-corrected chi connectivity index (χ0v) is 10.9. The summed E-state index contributed by atoms with van der Waals surface area (Å²) in [6.45, 7) is 0. The van der Waals surface area contributed by atoms with E-state index in [1.165, 1.54) is 31.2 Å². The van der Waals surface area contributed by atoms with Crippen LogP contribution in [-0.2, 0) is 0 Å². The van der Waals surface area contributed by atoms with E-state index in [0.717, 1.165) is 6.42 Å². The van der Waals surface area contributed by atoms with E-state index in [2.05, 4.69) is 35.6 Å². The minimum Gasteiger partial charge on any atom is -0.376 e. The van der Waals surface area contributed by atoms with Gasteiger partial charge < -0.3 is 11.1 Å². The zero-order chi connectivity index (χ0) is 12.1. The van der Waals surface area contributed by atoms with E-state index in [0.29, 0.717) is 17.1 Å². The largest absolute Gasteiger partial charge is 0.376 e.